The first-order valence-corrected chi connectivity index (χ1v) is 11.0. The Hall–Kier alpha value is -2.56. The van der Waals surface area contributed by atoms with Gasteiger partial charge >= 0.3 is 0 Å². The summed E-state index contributed by atoms with van der Waals surface area (Å²) < 4.78 is 55.7. The van der Waals surface area contributed by atoms with Crippen LogP contribution < -0.4 is 10.0 Å². The molecule has 0 aliphatic heterocycles. The van der Waals surface area contributed by atoms with E-state index < -0.39 is 26.6 Å². The molecule has 0 unspecified atom stereocenters. The van der Waals surface area contributed by atoms with Gasteiger partial charge in [0.1, 0.15) is 11.6 Å². The van der Waals surface area contributed by atoms with Crippen LogP contribution in [0, 0.1) is 11.6 Å². The van der Waals surface area contributed by atoms with Crippen molar-refractivity contribution in [2.75, 3.05) is 24.1 Å². The third kappa shape index (κ3) is 5.28. The van der Waals surface area contributed by atoms with Crippen molar-refractivity contribution in [3.63, 3.8) is 0 Å². The average molecular weight is 439 g/mol. The molecule has 10 heteroatoms. The standard InChI is InChI=1S/C19H20F2N4O2S2/c1-25(2)10-14-6-4-3-5-13(14)9-22-15-7-16(20)19(17(21)8-15)29(26,27)24-18-11-28-12-23-18/h3-8,11-12,22,24H,9-10H2,1-2H3. The summed E-state index contributed by atoms with van der Waals surface area (Å²) in [6.45, 7) is 1.06. The van der Waals surface area contributed by atoms with Crippen molar-refractivity contribution in [3.8, 4) is 0 Å². The van der Waals surface area contributed by atoms with Gasteiger partial charge in [-0.2, -0.15) is 0 Å². The van der Waals surface area contributed by atoms with Crippen molar-refractivity contribution in [2.45, 2.75) is 18.0 Å². The first kappa shape index (κ1) is 21.2. The van der Waals surface area contributed by atoms with E-state index in [4.69, 9.17) is 0 Å². The van der Waals surface area contributed by atoms with Gasteiger partial charge in [0.25, 0.3) is 10.0 Å². The maximum absolute atomic E-state index is 14.5. The quantitative estimate of drug-likeness (QED) is 0.558. The molecule has 0 spiro atoms. The lowest BCUT2D eigenvalue weighted by atomic mass is 10.1. The average Bonchev–Trinajstić information content (AvgIpc) is 3.12. The second-order valence-corrected chi connectivity index (χ2v) is 8.95. The number of thiazole rings is 1. The van der Waals surface area contributed by atoms with Crippen molar-refractivity contribution in [1.29, 1.82) is 0 Å². The minimum atomic E-state index is -4.44. The predicted octanol–water partition coefficient (Wildman–Crippen LogP) is 3.90. The lowest BCUT2D eigenvalue weighted by molar-refractivity contribution is 0.401. The number of hydrogen-bond acceptors (Lipinski definition) is 6. The number of nitrogens with zero attached hydrogens (tertiary/aromatic N) is 2. The van der Waals surface area contributed by atoms with Crippen LogP contribution in [0.25, 0.3) is 0 Å². The summed E-state index contributed by atoms with van der Waals surface area (Å²) in [6, 6.07) is 9.65. The van der Waals surface area contributed by atoms with Gasteiger partial charge in [-0.15, -0.1) is 11.3 Å². The Bertz CT molecular complexity index is 1060. The highest BCUT2D eigenvalue weighted by Gasteiger charge is 2.25. The molecule has 154 valence electrons. The smallest absolute Gasteiger partial charge is 0.268 e. The zero-order chi connectivity index (χ0) is 21.0. The van der Waals surface area contributed by atoms with Crippen LogP contribution in [-0.4, -0.2) is 32.4 Å². The lowest BCUT2D eigenvalue weighted by Gasteiger charge is -2.16. The normalized spacial score (nSPS) is 11.6. The number of sulfonamides is 1. The van der Waals surface area contributed by atoms with E-state index >= 15 is 0 Å². The molecule has 0 atom stereocenters. The van der Waals surface area contributed by atoms with Crippen LogP contribution in [0.3, 0.4) is 0 Å². The lowest BCUT2D eigenvalue weighted by Crippen LogP contribution is -2.17. The van der Waals surface area contributed by atoms with Crippen molar-refractivity contribution < 1.29 is 17.2 Å². The second-order valence-electron chi connectivity index (χ2n) is 6.61. The minimum absolute atomic E-state index is 0.00787. The molecule has 1 heterocycles. The van der Waals surface area contributed by atoms with Gasteiger partial charge in [0, 0.05) is 24.2 Å². The van der Waals surface area contributed by atoms with Gasteiger partial charge in [0.15, 0.2) is 10.7 Å². The molecule has 29 heavy (non-hydrogen) atoms. The first-order valence-electron chi connectivity index (χ1n) is 8.61. The molecular formula is C19H20F2N4O2S2. The number of anilines is 2. The molecule has 0 radical (unpaired) electrons. The summed E-state index contributed by atoms with van der Waals surface area (Å²) in [5.74, 6) is -2.36. The molecule has 3 aromatic rings. The number of rotatable bonds is 8. The van der Waals surface area contributed by atoms with Crippen LogP contribution >= 0.6 is 11.3 Å². The number of hydrogen-bond donors (Lipinski definition) is 2. The zero-order valence-electron chi connectivity index (χ0n) is 15.8. The maximum atomic E-state index is 14.5. The highest BCUT2D eigenvalue weighted by atomic mass is 32.2. The van der Waals surface area contributed by atoms with Crippen molar-refractivity contribution >= 4 is 32.9 Å². The van der Waals surface area contributed by atoms with Gasteiger partial charge in [0.05, 0.1) is 5.51 Å². The largest absolute Gasteiger partial charge is 0.381 e. The maximum Gasteiger partial charge on any atom is 0.268 e. The Morgan fingerprint density at radius 1 is 1.10 bits per heavy atom. The Morgan fingerprint density at radius 3 is 2.34 bits per heavy atom. The highest BCUT2D eigenvalue weighted by Crippen LogP contribution is 2.26. The molecule has 0 fully saturated rings. The first-order chi connectivity index (χ1) is 13.8. The van der Waals surface area contributed by atoms with Crippen LogP contribution in [0.1, 0.15) is 11.1 Å². The fraction of sp³-hybridized carbons (Fsp3) is 0.211. The third-order valence-corrected chi connectivity index (χ3v) is 6.02. The molecule has 0 amide bonds. The Morgan fingerprint density at radius 2 is 1.76 bits per heavy atom. The zero-order valence-corrected chi connectivity index (χ0v) is 17.4. The Balaban J connectivity index is 1.80. The molecular weight excluding hydrogens is 418 g/mol. The molecule has 3 rings (SSSR count). The summed E-state index contributed by atoms with van der Waals surface area (Å²) >= 11 is 1.16. The number of benzene rings is 2. The van der Waals surface area contributed by atoms with Gasteiger partial charge in [-0.25, -0.2) is 22.2 Å². The molecule has 0 aliphatic carbocycles. The van der Waals surface area contributed by atoms with Gasteiger partial charge < -0.3 is 10.2 Å². The fourth-order valence-electron chi connectivity index (χ4n) is 2.79. The van der Waals surface area contributed by atoms with E-state index in [1.54, 1.807) is 0 Å². The van der Waals surface area contributed by atoms with Crippen LogP contribution in [0.2, 0.25) is 0 Å². The van der Waals surface area contributed by atoms with E-state index in [1.165, 1.54) is 10.9 Å². The number of nitrogens with one attached hydrogen (secondary N) is 2. The van der Waals surface area contributed by atoms with Crippen LogP contribution in [0.15, 0.2) is 52.2 Å². The highest BCUT2D eigenvalue weighted by molar-refractivity contribution is 7.92. The van der Waals surface area contributed by atoms with Crippen molar-refractivity contribution in [1.82, 2.24) is 9.88 Å². The summed E-state index contributed by atoms with van der Waals surface area (Å²) in [6.07, 6.45) is 0. The number of aromatic nitrogens is 1. The van der Waals surface area contributed by atoms with E-state index in [1.807, 2.05) is 43.3 Å². The summed E-state index contributed by atoms with van der Waals surface area (Å²) in [5.41, 5.74) is 3.61. The van der Waals surface area contributed by atoms with Crippen molar-refractivity contribution in [3.05, 3.63) is 70.1 Å². The SMILES string of the molecule is CN(C)Cc1ccccc1CNc1cc(F)c(S(=O)(=O)Nc2cscn2)c(F)c1. The summed E-state index contributed by atoms with van der Waals surface area (Å²) in [5, 5.41) is 4.38. The van der Waals surface area contributed by atoms with E-state index in [2.05, 4.69) is 15.0 Å². The molecule has 2 aromatic carbocycles. The Labute approximate surface area is 172 Å². The second kappa shape index (κ2) is 8.85. The number of halogens is 2. The van der Waals surface area contributed by atoms with Crippen LogP contribution in [0.4, 0.5) is 20.3 Å². The van der Waals surface area contributed by atoms with E-state index in [9.17, 15) is 17.2 Å². The molecule has 0 aliphatic rings. The van der Waals surface area contributed by atoms with E-state index in [0.717, 1.165) is 41.1 Å². The van der Waals surface area contributed by atoms with Gasteiger partial charge in [-0.05, 0) is 37.4 Å². The monoisotopic (exact) mass is 438 g/mol. The molecule has 1 aromatic heterocycles. The summed E-state index contributed by atoms with van der Waals surface area (Å²) in [7, 11) is -0.533. The third-order valence-electron chi connectivity index (χ3n) is 4.03. The van der Waals surface area contributed by atoms with Gasteiger partial charge in [0.2, 0.25) is 0 Å². The van der Waals surface area contributed by atoms with E-state index in [0.29, 0.717) is 6.54 Å². The Kier molecular flexibility index (Phi) is 6.46. The predicted molar refractivity (Wildman–Crippen MR) is 110 cm³/mol. The molecule has 0 saturated carbocycles. The van der Waals surface area contributed by atoms with Gasteiger partial charge in [-0.1, -0.05) is 24.3 Å². The van der Waals surface area contributed by atoms with Crippen molar-refractivity contribution in [2.24, 2.45) is 0 Å². The molecule has 0 bridgehead atoms. The summed E-state index contributed by atoms with van der Waals surface area (Å²) in [4.78, 5) is 4.75. The molecule has 0 saturated heterocycles. The van der Waals surface area contributed by atoms with E-state index in [-0.39, 0.29) is 11.5 Å². The fourth-order valence-corrected chi connectivity index (χ4v) is 4.47. The minimum Gasteiger partial charge on any atom is -0.381 e. The molecule has 6 nitrogen and oxygen atoms in total. The van der Waals surface area contributed by atoms with Crippen LogP contribution in [-0.2, 0) is 23.1 Å². The van der Waals surface area contributed by atoms with Crippen LogP contribution in [0.5, 0.6) is 0 Å². The van der Waals surface area contributed by atoms with Gasteiger partial charge in [-0.3, -0.25) is 4.72 Å². The topological polar surface area (TPSA) is 74.3 Å². The molecule has 2 N–H and O–H groups in total.